The van der Waals surface area contributed by atoms with Crippen LogP contribution < -0.4 is 5.32 Å². The largest absolute Gasteiger partial charge is 0.465 e. The van der Waals surface area contributed by atoms with Crippen molar-refractivity contribution in [3.8, 4) is 6.07 Å². The smallest absolute Gasteiger partial charge is 0.124 e. The minimum atomic E-state index is -0.391. The van der Waals surface area contributed by atoms with E-state index < -0.39 is 5.82 Å². The summed E-state index contributed by atoms with van der Waals surface area (Å²) >= 11 is 0. The zero-order chi connectivity index (χ0) is 13.8. The lowest BCUT2D eigenvalue weighted by atomic mass is 10.1. The number of hydrogen-bond donors (Lipinski definition) is 1. The molecule has 4 heteroatoms. The van der Waals surface area contributed by atoms with Gasteiger partial charge in [-0.3, -0.25) is 0 Å². The van der Waals surface area contributed by atoms with Crippen LogP contribution in [0.3, 0.4) is 0 Å². The number of furan rings is 1. The molecule has 0 spiro atoms. The highest BCUT2D eigenvalue weighted by Crippen LogP contribution is 2.16. The minimum Gasteiger partial charge on any atom is -0.465 e. The lowest BCUT2D eigenvalue weighted by Crippen LogP contribution is -2.17. The van der Waals surface area contributed by atoms with E-state index in [1.807, 2.05) is 32.0 Å². The molecule has 1 heterocycles. The number of nitriles is 1. The molecule has 1 N–H and O–H groups in total. The van der Waals surface area contributed by atoms with Gasteiger partial charge in [-0.05, 0) is 49.7 Å². The van der Waals surface area contributed by atoms with E-state index in [2.05, 4.69) is 5.32 Å². The second kappa shape index (κ2) is 5.68. The van der Waals surface area contributed by atoms with Gasteiger partial charge in [0.15, 0.2) is 0 Å². The fourth-order valence-electron chi connectivity index (χ4n) is 1.87. The highest BCUT2D eigenvalue weighted by atomic mass is 19.1. The number of rotatable bonds is 4. The van der Waals surface area contributed by atoms with Gasteiger partial charge in [0.05, 0.1) is 17.7 Å². The molecule has 0 aliphatic rings. The normalized spacial score (nSPS) is 12.1. The first-order chi connectivity index (χ1) is 9.08. The fourth-order valence-corrected chi connectivity index (χ4v) is 1.87. The van der Waals surface area contributed by atoms with Crippen LogP contribution in [0.25, 0.3) is 0 Å². The summed E-state index contributed by atoms with van der Waals surface area (Å²) in [6.07, 6.45) is 0. The average molecular weight is 258 g/mol. The van der Waals surface area contributed by atoms with Crippen molar-refractivity contribution in [1.82, 2.24) is 5.32 Å². The Labute approximate surface area is 111 Å². The van der Waals surface area contributed by atoms with Crippen molar-refractivity contribution in [2.45, 2.75) is 26.4 Å². The van der Waals surface area contributed by atoms with E-state index >= 15 is 0 Å². The Balaban J connectivity index is 2.03. The highest BCUT2D eigenvalue weighted by Gasteiger charge is 2.09. The van der Waals surface area contributed by atoms with Crippen molar-refractivity contribution in [2.75, 3.05) is 0 Å². The van der Waals surface area contributed by atoms with Gasteiger partial charge in [0.25, 0.3) is 0 Å². The first-order valence-corrected chi connectivity index (χ1v) is 6.08. The molecule has 2 aromatic rings. The fraction of sp³-hybridized carbons (Fsp3) is 0.267. The van der Waals surface area contributed by atoms with Gasteiger partial charge in [-0.15, -0.1) is 0 Å². The Morgan fingerprint density at radius 3 is 2.79 bits per heavy atom. The Morgan fingerprint density at radius 1 is 1.37 bits per heavy atom. The molecule has 0 saturated carbocycles. The van der Waals surface area contributed by atoms with Crippen molar-refractivity contribution in [2.24, 2.45) is 0 Å². The summed E-state index contributed by atoms with van der Waals surface area (Å²) < 4.78 is 18.8. The van der Waals surface area contributed by atoms with Crippen LogP contribution in [0.2, 0.25) is 0 Å². The van der Waals surface area contributed by atoms with Crippen molar-refractivity contribution in [3.63, 3.8) is 0 Å². The van der Waals surface area contributed by atoms with Crippen LogP contribution in [0.5, 0.6) is 0 Å². The molecule has 0 aliphatic heterocycles. The average Bonchev–Trinajstić information content (AvgIpc) is 2.82. The molecule has 0 radical (unpaired) electrons. The Hall–Kier alpha value is -2.12. The number of nitrogens with zero attached hydrogens (tertiary/aromatic N) is 1. The summed E-state index contributed by atoms with van der Waals surface area (Å²) in [5.74, 6) is 1.31. The number of benzene rings is 1. The van der Waals surface area contributed by atoms with E-state index in [0.29, 0.717) is 12.1 Å². The zero-order valence-electron chi connectivity index (χ0n) is 10.9. The van der Waals surface area contributed by atoms with E-state index in [0.717, 1.165) is 17.1 Å². The van der Waals surface area contributed by atoms with Crippen molar-refractivity contribution < 1.29 is 8.81 Å². The Morgan fingerprint density at radius 2 is 2.16 bits per heavy atom. The quantitative estimate of drug-likeness (QED) is 0.913. The molecule has 0 fully saturated rings. The first kappa shape index (κ1) is 13.3. The molecule has 1 aromatic heterocycles. The van der Waals surface area contributed by atoms with E-state index in [4.69, 9.17) is 9.68 Å². The van der Waals surface area contributed by atoms with Crippen molar-refractivity contribution >= 4 is 0 Å². The highest BCUT2D eigenvalue weighted by molar-refractivity contribution is 5.33. The number of nitrogens with one attached hydrogen (secondary N) is 1. The van der Waals surface area contributed by atoms with Crippen LogP contribution in [0.15, 0.2) is 34.7 Å². The lowest BCUT2D eigenvalue weighted by Gasteiger charge is -2.11. The summed E-state index contributed by atoms with van der Waals surface area (Å²) in [7, 11) is 0. The molecule has 0 bridgehead atoms. The molecule has 3 nitrogen and oxygen atoms in total. The van der Waals surface area contributed by atoms with E-state index in [1.54, 1.807) is 6.07 Å². The molecular weight excluding hydrogens is 243 g/mol. The number of aryl methyl sites for hydroxylation is 1. The van der Waals surface area contributed by atoms with Gasteiger partial charge in [0, 0.05) is 6.54 Å². The van der Waals surface area contributed by atoms with E-state index in [9.17, 15) is 4.39 Å². The molecule has 2 rings (SSSR count). The minimum absolute atomic E-state index is 0.0301. The molecule has 19 heavy (non-hydrogen) atoms. The molecule has 1 unspecified atom stereocenters. The molecular formula is C15H15FN2O. The van der Waals surface area contributed by atoms with Gasteiger partial charge < -0.3 is 9.73 Å². The van der Waals surface area contributed by atoms with Crippen LogP contribution >= 0.6 is 0 Å². The maximum atomic E-state index is 13.3. The second-order valence-corrected chi connectivity index (χ2v) is 4.51. The van der Waals surface area contributed by atoms with Crippen molar-refractivity contribution in [3.05, 3.63) is 58.8 Å². The third-order valence-corrected chi connectivity index (χ3v) is 2.89. The third kappa shape index (κ3) is 3.43. The summed E-state index contributed by atoms with van der Waals surface area (Å²) in [6.45, 7) is 4.35. The van der Waals surface area contributed by atoms with E-state index in [1.165, 1.54) is 12.1 Å². The van der Waals surface area contributed by atoms with Crippen LogP contribution in [0, 0.1) is 24.1 Å². The van der Waals surface area contributed by atoms with Gasteiger partial charge in [-0.2, -0.15) is 5.26 Å². The summed E-state index contributed by atoms with van der Waals surface area (Å²) in [5, 5.41) is 12.0. The standard InChI is InChI=1S/C15H15FN2O/c1-10-3-4-15(19-10)11(2)18-9-13-5-12(8-17)6-14(16)7-13/h3-7,11,18H,9H2,1-2H3. The maximum Gasteiger partial charge on any atom is 0.124 e. The molecule has 0 amide bonds. The maximum absolute atomic E-state index is 13.3. The van der Waals surface area contributed by atoms with Crippen LogP contribution in [0.4, 0.5) is 4.39 Å². The van der Waals surface area contributed by atoms with Crippen LogP contribution in [-0.2, 0) is 6.54 Å². The summed E-state index contributed by atoms with van der Waals surface area (Å²) in [6, 6.07) is 10.1. The van der Waals surface area contributed by atoms with Crippen LogP contribution in [-0.4, -0.2) is 0 Å². The predicted octanol–water partition coefficient (Wildman–Crippen LogP) is 3.45. The molecule has 1 atom stereocenters. The Bertz CT molecular complexity index is 613. The second-order valence-electron chi connectivity index (χ2n) is 4.51. The topological polar surface area (TPSA) is 49.0 Å². The van der Waals surface area contributed by atoms with Gasteiger partial charge in [-0.25, -0.2) is 4.39 Å². The van der Waals surface area contributed by atoms with Crippen molar-refractivity contribution in [1.29, 1.82) is 5.26 Å². The number of halogens is 1. The molecule has 98 valence electrons. The zero-order valence-corrected chi connectivity index (χ0v) is 10.9. The molecule has 0 aliphatic carbocycles. The van der Waals surface area contributed by atoms with E-state index in [-0.39, 0.29) is 6.04 Å². The predicted molar refractivity (Wildman–Crippen MR) is 69.8 cm³/mol. The Kier molecular flexibility index (Phi) is 3.98. The monoisotopic (exact) mass is 258 g/mol. The molecule has 0 saturated heterocycles. The van der Waals surface area contributed by atoms with Gasteiger partial charge in [0.1, 0.15) is 17.3 Å². The van der Waals surface area contributed by atoms with Gasteiger partial charge in [0.2, 0.25) is 0 Å². The SMILES string of the molecule is Cc1ccc(C(C)NCc2cc(F)cc(C#N)c2)o1. The number of hydrogen-bond acceptors (Lipinski definition) is 3. The first-order valence-electron chi connectivity index (χ1n) is 6.08. The van der Waals surface area contributed by atoms with Crippen LogP contribution in [0.1, 0.15) is 35.6 Å². The van der Waals surface area contributed by atoms with Gasteiger partial charge >= 0.3 is 0 Å². The summed E-state index contributed by atoms with van der Waals surface area (Å²) in [5.41, 5.74) is 1.07. The van der Waals surface area contributed by atoms with Gasteiger partial charge in [-0.1, -0.05) is 0 Å². The lowest BCUT2D eigenvalue weighted by molar-refractivity contribution is 0.415. The third-order valence-electron chi connectivity index (χ3n) is 2.89. The summed E-state index contributed by atoms with van der Waals surface area (Å²) in [4.78, 5) is 0. The molecule has 1 aromatic carbocycles.